The number of amides is 1. The van der Waals surface area contributed by atoms with Gasteiger partial charge in [-0.1, -0.05) is 30.3 Å². The summed E-state index contributed by atoms with van der Waals surface area (Å²) >= 11 is 0. The molecule has 1 heterocycles. The summed E-state index contributed by atoms with van der Waals surface area (Å²) in [4.78, 5) is 16.1. The minimum atomic E-state index is -0.250. The summed E-state index contributed by atoms with van der Waals surface area (Å²) in [5.41, 5.74) is 6.63. The first-order valence-corrected chi connectivity index (χ1v) is 8.03. The van der Waals surface area contributed by atoms with Crippen molar-refractivity contribution < 1.29 is 9.53 Å². The Balaban J connectivity index is 1.73. The predicted molar refractivity (Wildman–Crippen MR) is 87.5 cm³/mol. The van der Waals surface area contributed by atoms with Crippen molar-refractivity contribution in [2.45, 2.75) is 19.4 Å². The molecule has 2 N–H and O–H groups in total. The standard InChI is InChI=1S/C17H27N3O2/c1-19(12-16-8-5-10-20(13-16)11-9-18)17(21)22-14-15-6-3-2-4-7-15/h2-4,6-7,16H,5,8-14,18H2,1H3/t16-/m0/s1. The van der Waals surface area contributed by atoms with Crippen molar-refractivity contribution in [2.24, 2.45) is 11.7 Å². The topological polar surface area (TPSA) is 58.8 Å². The molecule has 0 bridgehead atoms. The van der Waals surface area contributed by atoms with Crippen LogP contribution in [0.25, 0.3) is 0 Å². The smallest absolute Gasteiger partial charge is 0.409 e. The van der Waals surface area contributed by atoms with Gasteiger partial charge in [-0.15, -0.1) is 0 Å². The number of nitrogens with two attached hydrogens (primary N) is 1. The van der Waals surface area contributed by atoms with E-state index in [9.17, 15) is 4.79 Å². The summed E-state index contributed by atoms with van der Waals surface area (Å²) in [6.45, 7) is 4.85. The van der Waals surface area contributed by atoms with Crippen LogP contribution in [0.2, 0.25) is 0 Å². The number of ether oxygens (including phenoxy) is 1. The van der Waals surface area contributed by atoms with E-state index >= 15 is 0 Å². The number of hydrogen-bond donors (Lipinski definition) is 1. The fourth-order valence-electron chi connectivity index (χ4n) is 2.98. The van der Waals surface area contributed by atoms with Gasteiger partial charge in [0, 0.05) is 33.2 Å². The number of rotatable bonds is 6. The van der Waals surface area contributed by atoms with Gasteiger partial charge in [0.25, 0.3) is 0 Å². The molecule has 0 saturated carbocycles. The second kappa shape index (κ2) is 8.76. The number of likely N-dealkylation sites (tertiary alicyclic amines) is 1. The second-order valence-electron chi connectivity index (χ2n) is 6.02. The van der Waals surface area contributed by atoms with E-state index in [-0.39, 0.29) is 6.09 Å². The van der Waals surface area contributed by atoms with E-state index in [1.807, 2.05) is 37.4 Å². The van der Waals surface area contributed by atoms with Gasteiger partial charge in [-0.3, -0.25) is 0 Å². The van der Waals surface area contributed by atoms with Gasteiger partial charge in [0.05, 0.1) is 0 Å². The van der Waals surface area contributed by atoms with Crippen LogP contribution in [-0.4, -0.2) is 55.7 Å². The summed E-state index contributed by atoms with van der Waals surface area (Å²) in [5.74, 6) is 0.509. The highest BCUT2D eigenvalue weighted by atomic mass is 16.6. The highest BCUT2D eigenvalue weighted by Crippen LogP contribution is 2.17. The normalized spacial score (nSPS) is 18.9. The first-order chi connectivity index (χ1) is 10.7. The maximum atomic E-state index is 12.1. The van der Waals surface area contributed by atoms with Gasteiger partial charge in [-0.2, -0.15) is 0 Å². The van der Waals surface area contributed by atoms with Crippen LogP contribution in [0.15, 0.2) is 30.3 Å². The van der Waals surface area contributed by atoms with Crippen LogP contribution >= 0.6 is 0 Å². The first kappa shape index (κ1) is 16.8. The zero-order valence-electron chi connectivity index (χ0n) is 13.4. The molecule has 1 fully saturated rings. The van der Waals surface area contributed by atoms with Crippen molar-refractivity contribution in [3.05, 3.63) is 35.9 Å². The molecule has 1 aliphatic heterocycles. The van der Waals surface area contributed by atoms with Gasteiger partial charge < -0.3 is 20.3 Å². The minimum Gasteiger partial charge on any atom is -0.445 e. The molecule has 5 heteroatoms. The van der Waals surface area contributed by atoms with Gasteiger partial charge >= 0.3 is 6.09 Å². The van der Waals surface area contributed by atoms with Crippen LogP contribution in [0.4, 0.5) is 4.79 Å². The molecule has 0 unspecified atom stereocenters. The zero-order valence-corrected chi connectivity index (χ0v) is 13.4. The fraction of sp³-hybridized carbons (Fsp3) is 0.588. The van der Waals surface area contributed by atoms with E-state index in [1.165, 1.54) is 6.42 Å². The van der Waals surface area contributed by atoms with Crippen molar-refractivity contribution in [1.29, 1.82) is 0 Å². The number of piperidine rings is 1. The molecule has 0 aliphatic carbocycles. The third-order valence-electron chi connectivity index (χ3n) is 4.10. The third-order valence-corrected chi connectivity index (χ3v) is 4.10. The average Bonchev–Trinajstić information content (AvgIpc) is 2.54. The molecule has 1 amide bonds. The quantitative estimate of drug-likeness (QED) is 0.872. The Morgan fingerprint density at radius 1 is 1.41 bits per heavy atom. The van der Waals surface area contributed by atoms with Crippen molar-refractivity contribution in [2.75, 3.05) is 39.8 Å². The van der Waals surface area contributed by atoms with Gasteiger partial charge in [-0.05, 0) is 30.9 Å². The highest BCUT2D eigenvalue weighted by molar-refractivity contribution is 5.67. The highest BCUT2D eigenvalue weighted by Gasteiger charge is 2.22. The van der Waals surface area contributed by atoms with Gasteiger partial charge in [0.15, 0.2) is 0 Å². The number of benzene rings is 1. The van der Waals surface area contributed by atoms with E-state index in [1.54, 1.807) is 4.90 Å². The Hall–Kier alpha value is -1.59. The molecule has 5 nitrogen and oxygen atoms in total. The molecule has 0 spiro atoms. The van der Waals surface area contributed by atoms with Crippen LogP contribution in [0.5, 0.6) is 0 Å². The molecule has 22 heavy (non-hydrogen) atoms. The second-order valence-corrected chi connectivity index (χ2v) is 6.02. The summed E-state index contributed by atoms with van der Waals surface area (Å²) in [7, 11) is 1.81. The van der Waals surface area contributed by atoms with Crippen molar-refractivity contribution in [1.82, 2.24) is 9.80 Å². The molecule has 0 aromatic heterocycles. The van der Waals surface area contributed by atoms with E-state index in [4.69, 9.17) is 10.5 Å². The SMILES string of the molecule is CN(C[C@@H]1CCCN(CCN)C1)C(=O)OCc1ccccc1. The van der Waals surface area contributed by atoms with E-state index in [0.717, 1.165) is 38.2 Å². The van der Waals surface area contributed by atoms with E-state index in [2.05, 4.69) is 4.90 Å². The Morgan fingerprint density at radius 2 is 2.18 bits per heavy atom. The molecular weight excluding hydrogens is 278 g/mol. The lowest BCUT2D eigenvalue weighted by atomic mass is 9.97. The molecule has 1 atom stereocenters. The first-order valence-electron chi connectivity index (χ1n) is 8.03. The Labute approximate surface area is 133 Å². The average molecular weight is 305 g/mol. The number of hydrogen-bond acceptors (Lipinski definition) is 4. The molecule has 1 aromatic rings. The molecule has 0 radical (unpaired) electrons. The number of carbonyl (C=O) groups excluding carboxylic acids is 1. The lowest BCUT2D eigenvalue weighted by Crippen LogP contribution is -2.43. The zero-order chi connectivity index (χ0) is 15.8. The fourth-order valence-corrected chi connectivity index (χ4v) is 2.98. The molecule has 1 aliphatic rings. The third kappa shape index (κ3) is 5.31. The Kier molecular flexibility index (Phi) is 6.68. The minimum absolute atomic E-state index is 0.250. The Morgan fingerprint density at radius 3 is 2.91 bits per heavy atom. The van der Waals surface area contributed by atoms with E-state index in [0.29, 0.717) is 19.1 Å². The monoisotopic (exact) mass is 305 g/mol. The lowest BCUT2D eigenvalue weighted by Gasteiger charge is -2.34. The summed E-state index contributed by atoms with van der Waals surface area (Å²) < 4.78 is 5.36. The molecule has 1 saturated heterocycles. The summed E-state index contributed by atoms with van der Waals surface area (Å²) in [5, 5.41) is 0. The van der Waals surface area contributed by atoms with Crippen LogP contribution < -0.4 is 5.73 Å². The van der Waals surface area contributed by atoms with Crippen LogP contribution in [0.3, 0.4) is 0 Å². The van der Waals surface area contributed by atoms with Crippen LogP contribution in [0.1, 0.15) is 18.4 Å². The van der Waals surface area contributed by atoms with Gasteiger partial charge in [0.1, 0.15) is 6.61 Å². The molecule has 122 valence electrons. The predicted octanol–water partition coefficient (Wildman–Crippen LogP) is 1.93. The molecule has 1 aromatic carbocycles. The van der Waals surface area contributed by atoms with Crippen LogP contribution in [-0.2, 0) is 11.3 Å². The van der Waals surface area contributed by atoms with Crippen molar-refractivity contribution >= 4 is 6.09 Å². The number of carbonyl (C=O) groups is 1. The number of nitrogens with zero attached hydrogens (tertiary/aromatic N) is 2. The summed E-state index contributed by atoms with van der Waals surface area (Å²) in [6, 6.07) is 9.76. The molecule has 2 rings (SSSR count). The maximum Gasteiger partial charge on any atom is 0.409 e. The van der Waals surface area contributed by atoms with Crippen molar-refractivity contribution in [3.63, 3.8) is 0 Å². The van der Waals surface area contributed by atoms with Gasteiger partial charge in [-0.25, -0.2) is 4.79 Å². The van der Waals surface area contributed by atoms with E-state index < -0.39 is 0 Å². The van der Waals surface area contributed by atoms with Crippen LogP contribution in [0, 0.1) is 5.92 Å². The maximum absolute atomic E-state index is 12.1. The van der Waals surface area contributed by atoms with Gasteiger partial charge in [0.2, 0.25) is 0 Å². The Bertz CT molecular complexity index is 450. The largest absolute Gasteiger partial charge is 0.445 e. The summed E-state index contributed by atoms with van der Waals surface area (Å²) in [6.07, 6.45) is 2.09. The van der Waals surface area contributed by atoms with Crippen molar-refractivity contribution in [3.8, 4) is 0 Å². The lowest BCUT2D eigenvalue weighted by molar-refractivity contribution is 0.0889. The molecular formula is C17H27N3O2.